The Morgan fingerprint density at radius 3 is 2.39 bits per heavy atom. The summed E-state index contributed by atoms with van der Waals surface area (Å²) in [6.07, 6.45) is 9.46. The van der Waals surface area contributed by atoms with Crippen LogP contribution in [-0.4, -0.2) is 42.0 Å². The molecule has 2 unspecified atom stereocenters. The van der Waals surface area contributed by atoms with E-state index >= 15 is 0 Å². The van der Waals surface area contributed by atoms with Crippen molar-refractivity contribution in [3.8, 4) is 0 Å². The van der Waals surface area contributed by atoms with Crippen LogP contribution in [-0.2, 0) is 14.6 Å². The van der Waals surface area contributed by atoms with Crippen LogP contribution in [0.3, 0.4) is 0 Å². The Morgan fingerprint density at radius 1 is 1.00 bits per heavy atom. The van der Waals surface area contributed by atoms with Crippen molar-refractivity contribution in [3.63, 3.8) is 0 Å². The Morgan fingerprint density at radius 2 is 1.68 bits per heavy atom. The molecule has 0 spiro atoms. The summed E-state index contributed by atoms with van der Waals surface area (Å²) in [7, 11) is -4.35. The average molecular weight is 459 g/mol. The average Bonchev–Trinajstić information content (AvgIpc) is 3.03. The Kier molecular flexibility index (Phi) is 6.59. The fraction of sp³-hybridized carbons (Fsp3) is 1.00. The van der Waals surface area contributed by atoms with Gasteiger partial charge in [-0.05, 0) is 111 Å². The molecule has 0 aromatic carbocycles. The third-order valence-electron chi connectivity index (χ3n) is 10.5. The summed E-state index contributed by atoms with van der Waals surface area (Å²) >= 11 is 0. The van der Waals surface area contributed by atoms with Gasteiger partial charge in [-0.3, -0.25) is 4.55 Å². The van der Waals surface area contributed by atoms with E-state index in [-0.39, 0.29) is 29.6 Å². The lowest BCUT2D eigenvalue weighted by molar-refractivity contribution is -0.174. The third kappa shape index (κ3) is 4.34. The van der Waals surface area contributed by atoms with Gasteiger partial charge in [0, 0.05) is 0 Å². The molecule has 3 N–H and O–H groups in total. The second-order valence-corrected chi connectivity index (χ2v) is 12.9. The van der Waals surface area contributed by atoms with E-state index in [2.05, 4.69) is 25.0 Å². The van der Waals surface area contributed by atoms with Gasteiger partial charge in [0.15, 0.2) is 0 Å². The first kappa shape index (κ1) is 23.9. The van der Waals surface area contributed by atoms with Crippen LogP contribution in [0.5, 0.6) is 0 Å². The fourth-order valence-corrected chi connectivity index (χ4v) is 9.27. The Balaban J connectivity index is 1.45. The van der Waals surface area contributed by atoms with E-state index in [1.165, 1.54) is 25.7 Å². The van der Waals surface area contributed by atoms with Crippen molar-refractivity contribution < 1.29 is 27.4 Å². The van der Waals surface area contributed by atoms with E-state index in [0.29, 0.717) is 41.9 Å². The van der Waals surface area contributed by atoms with Gasteiger partial charge in [0.2, 0.25) is 0 Å². The first-order chi connectivity index (χ1) is 14.5. The zero-order valence-corrected chi connectivity index (χ0v) is 20.2. The van der Waals surface area contributed by atoms with Crippen LogP contribution in [0.2, 0.25) is 0 Å². The van der Waals surface area contributed by atoms with E-state index in [1.54, 1.807) is 0 Å². The second-order valence-electron chi connectivity index (χ2n) is 11.8. The number of hydrogen-bond acceptors (Lipinski definition) is 5. The number of aliphatic hydroxyl groups excluding tert-OH is 2. The molecule has 0 radical (unpaired) electrons. The molecule has 0 aromatic heterocycles. The lowest BCUT2D eigenvalue weighted by atomic mass is 9.43. The highest BCUT2D eigenvalue weighted by Crippen LogP contribution is 2.68. The lowest BCUT2D eigenvalue weighted by Crippen LogP contribution is -2.58. The molecule has 4 saturated carbocycles. The molecule has 4 aliphatic carbocycles. The maximum Gasteiger partial charge on any atom is 0.397 e. The minimum Gasteiger partial charge on any atom is -0.393 e. The molecule has 4 rings (SSSR count). The highest BCUT2D eigenvalue weighted by Gasteiger charge is 2.62. The van der Waals surface area contributed by atoms with Crippen molar-refractivity contribution in [2.24, 2.45) is 46.3 Å². The predicted molar refractivity (Wildman–Crippen MR) is 119 cm³/mol. The summed E-state index contributed by atoms with van der Waals surface area (Å²) in [4.78, 5) is 0. The maximum absolute atomic E-state index is 11.3. The van der Waals surface area contributed by atoms with E-state index < -0.39 is 10.4 Å². The van der Waals surface area contributed by atoms with Gasteiger partial charge in [-0.25, -0.2) is 4.18 Å². The molecule has 4 fully saturated rings. The summed E-state index contributed by atoms with van der Waals surface area (Å²) in [5, 5.41) is 21.5. The molecule has 0 heterocycles. The zero-order chi connectivity index (χ0) is 22.6. The Hall–Kier alpha value is -0.210. The summed E-state index contributed by atoms with van der Waals surface area (Å²) < 4.78 is 34.8. The Labute approximate surface area is 188 Å². The lowest BCUT2D eigenvalue weighted by Gasteiger charge is -2.62. The van der Waals surface area contributed by atoms with Crippen LogP contribution in [0.4, 0.5) is 0 Å². The van der Waals surface area contributed by atoms with Gasteiger partial charge in [-0.2, -0.15) is 8.42 Å². The van der Waals surface area contributed by atoms with Crippen molar-refractivity contribution in [1.29, 1.82) is 0 Å². The molecule has 0 bridgehead atoms. The summed E-state index contributed by atoms with van der Waals surface area (Å²) in [5.74, 6) is 2.96. The molecule has 31 heavy (non-hydrogen) atoms. The quantitative estimate of drug-likeness (QED) is 0.407. The molecular weight excluding hydrogens is 416 g/mol. The molecule has 7 heteroatoms. The number of rotatable bonds is 6. The molecular formula is C24H42O6S. The number of hydrogen-bond donors (Lipinski definition) is 3. The molecule has 0 amide bonds. The smallest absolute Gasteiger partial charge is 0.393 e. The number of fused-ring (bicyclic) bond motifs is 5. The zero-order valence-electron chi connectivity index (χ0n) is 19.4. The predicted octanol–water partition coefficient (Wildman–Crippen LogP) is 4.21. The number of aliphatic hydroxyl groups is 2. The monoisotopic (exact) mass is 458 g/mol. The largest absolute Gasteiger partial charge is 0.397 e. The standard InChI is InChI=1S/C24H42O6S/c1-15(5-4-12-30-31(27,28)29)18-6-7-19-22-20(9-11-24(18,19)3)23(2)10-8-17(25)13-16(23)14-21(22)26/h15-22,25-26H,4-14H2,1-3H3,(H,27,28,29)/t15-,16?,17-,18?,19+,20+,21-,22+,23+,24-/m1/s1. The van der Waals surface area contributed by atoms with Crippen molar-refractivity contribution >= 4 is 10.4 Å². The van der Waals surface area contributed by atoms with Crippen molar-refractivity contribution in [2.75, 3.05) is 6.61 Å². The van der Waals surface area contributed by atoms with Gasteiger partial charge in [0.1, 0.15) is 0 Å². The van der Waals surface area contributed by atoms with E-state index in [1.807, 2.05) is 0 Å². The van der Waals surface area contributed by atoms with Gasteiger partial charge >= 0.3 is 10.4 Å². The van der Waals surface area contributed by atoms with Gasteiger partial charge in [-0.1, -0.05) is 20.8 Å². The van der Waals surface area contributed by atoms with Gasteiger partial charge in [0.25, 0.3) is 0 Å². The first-order valence-electron chi connectivity index (χ1n) is 12.4. The minimum atomic E-state index is -4.35. The fourth-order valence-electron chi connectivity index (χ4n) is 8.95. The maximum atomic E-state index is 11.3. The van der Waals surface area contributed by atoms with Crippen molar-refractivity contribution in [2.45, 2.75) is 97.2 Å². The van der Waals surface area contributed by atoms with Gasteiger partial charge < -0.3 is 10.2 Å². The van der Waals surface area contributed by atoms with Crippen LogP contribution in [0, 0.1) is 46.3 Å². The van der Waals surface area contributed by atoms with E-state index in [0.717, 1.165) is 32.1 Å². The van der Waals surface area contributed by atoms with Crippen molar-refractivity contribution in [1.82, 2.24) is 0 Å². The van der Waals surface area contributed by atoms with Crippen LogP contribution in [0.15, 0.2) is 0 Å². The summed E-state index contributed by atoms with van der Waals surface area (Å²) in [6.45, 7) is 7.20. The summed E-state index contributed by atoms with van der Waals surface area (Å²) in [6, 6.07) is 0. The molecule has 0 aromatic rings. The molecule has 6 nitrogen and oxygen atoms in total. The molecule has 4 aliphatic rings. The van der Waals surface area contributed by atoms with Gasteiger partial charge in [0.05, 0.1) is 18.8 Å². The molecule has 0 aliphatic heterocycles. The highest BCUT2D eigenvalue weighted by molar-refractivity contribution is 7.80. The van der Waals surface area contributed by atoms with E-state index in [9.17, 15) is 18.6 Å². The minimum absolute atomic E-state index is 0.0328. The highest BCUT2D eigenvalue weighted by atomic mass is 32.3. The second kappa shape index (κ2) is 8.53. The Bertz CT molecular complexity index is 755. The summed E-state index contributed by atoms with van der Waals surface area (Å²) in [5.41, 5.74) is 0.476. The van der Waals surface area contributed by atoms with Crippen LogP contribution in [0.1, 0.15) is 85.0 Å². The third-order valence-corrected chi connectivity index (χ3v) is 10.9. The van der Waals surface area contributed by atoms with Crippen LogP contribution in [0.25, 0.3) is 0 Å². The molecule has 10 atom stereocenters. The van der Waals surface area contributed by atoms with E-state index in [4.69, 9.17) is 4.55 Å². The SMILES string of the molecule is C[C@H](CCCOS(=O)(=O)O)C1CC[C@H]2[C@@H]3[C@H](O)CC4C[C@H](O)CC[C@]4(C)[C@H]3CC[C@]12C. The van der Waals surface area contributed by atoms with Crippen LogP contribution >= 0.6 is 0 Å². The van der Waals surface area contributed by atoms with Crippen LogP contribution < -0.4 is 0 Å². The molecule has 0 saturated heterocycles. The normalized spacial score (nSPS) is 48.5. The van der Waals surface area contributed by atoms with Gasteiger partial charge in [-0.15, -0.1) is 0 Å². The first-order valence-corrected chi connectivity index (χ1v) is 13.8. The van der Waals surface area contributed by atoms with Crippen molar-refractivity contribution in [3.05, 3.63) is 0 Å². The molecule has 180 valence electrons. The topological polar surface area (TPSA) is 104 Å².